The van der Waals surface area contributed by atoms with E-state index in [9.17, 15) is 0 Å². The second-order valence-electron chi connectivity index (χ2n) is 10.5. The first-order valence-electron chi connectivity index (χ1n) is 13.3. The Balaban J connectivity index is 1.35. The first kappa shape index (κ1) is 19.8. The molecule has 5 heterocycles. The molecule has 180 valence electrons. The van der Waals surface area contributed by atoms with Crippen molar-refractivity contribution in [1.29, 1.82) is 0 Å². The van der Waals surface area contributed by atoms with Gasteiger partial charge in [0, 0.05) is 56.3 Å². The molecule has 2 aliphatic rings. The smallest absolute Gasteiger partial charge is 0.455 e. The fourth-order valence-corrected chi connectivity index (χ4v) is 6.99. The maximum absolute atomic E-state index is 6.47. The van der Waals surface area contributed by atoms with Crippen LogP contribution in [-0.4, -0.2) is 21.1 Å². The zero-order chi connectivity index (χ0) is 25.2. The number of hydrogen-bond donors (Lipinski definition) is 0. The predicted molar refractivity (Wildman–Crippen MR) is 159 cm³/mol. The molecule has 0 aliphatic carbocycles. The first-order chi connectivity index (χ1) is 19.4. The van der Waals surface area contributed by atoms with E-state index in [1.807, 2.05) is 18.3 Å². The minimum absolute atomic E-state index is 0.0629. The van der Waals surface area contributed by atoms with E-state index < -0.39 is 0 Å². The lowest BCUT2D eigenvalue weighted by Crippen LogP contribution is -2.47. The summed E-state index contributed by atoms with van der Waals surface area (Å²) in [5.41, 5.74) is 10.1. The molecule has 2 aliphatic heterocycles. The maximum Gasteiger partial charge on any atom is 0.519 e. The van der Waals surface area contributed by atoms with Crippen LogP contribution in [0.2, 0.25) is 0 Å². The van der Waals surface area contributed by atoms with Crippen LogP contribution >= 0.6 is 0 Å². The van der Waals surface area contributed by atoms with E-state index in [0.29, 0.717) is 0 Å². The highest BCUT2D eigenvalue weighted by Crippen LogP contribution is 2.51. The van der Waals surface area contributed by atoms with Gasteiger partial charge in [0.15, 0.2) is 0 Å². The van der Waals surface area contributed by atoms with Crippen LogP contribution in [0.1, 0.15) is 0 Å². The Morgan fingerprint density at radius 1 is 0.667 bits per heavy atom. The fourth-order valence-electron chi connectivity index (χ4n) is 6.99. The molecule has 39 heavy (non-hydrogen) atoms. The standard InChI is InChI=1S/C33H19BN4O/c1-4-13-27-22(8-1)26-18-20(21-11-7-12-24-23-9-3-6-15-30(23)39-32(21)24)19-29-31(26)38(27)34-36-17-16-35-33(36)25-10-2-5-14-28(25)37(29)34/h1-19H. The number of imidazole rings is 1. The van der Waals surface area contributed by atoms with Gasteiger partial charge in [0.1, 0.15) is 17.0 Å². The topological polar surface area (TPSA) is 39.1 Å². The average molecular weight is 498 g/mol. The Labute approximate surface area is 223 Å². The van der Waals surface area contributed by atoms with E-state index in [1.165, 1.54) is 33.2 Å². The van der Waals surface area contributed by atoms with Crippen molar-refractivity contribution in [2.45, 2.75) is 0 Å². The Bertz CT molecular complexity index is 2320. The SMILES string of the molecule is c1ccc2c(c1)-c1nccn1B1N2c2cc(-c3cccc4c3oc3ccccc34)cc3c4ccccc4n1c23. The lowest BCUT2D eigenvalue weighted by atomic mass is 9.84. The van der Waals surface area contributed by atoms with Crippen LogP contribution in [0.15, 0.2) is 120 Å². The molecule has 0 radical (unpaired) electrons. The maximum atomic E-state index is 6.47. The van der Waals surface area contributed by atoms with Gasteiger partial charge < -0.3 is 18.2 Å². The summed E-state index contributed by atoms with van der Waals surface area (Å²) in [6.45, 7) is 0. The molecule has 0 atom stereocenters. The molecule has 10 rings (SSSR count). The minimum atomic E-state index is -0.0629. The van der Waals surface area contributed by atoms with E-state index in [4.69, 9.17) is 9.40 Å². The second kappa shape index (κ2) is 6.80. The van der Waals surface area contributed by atoms with Crippen LogP contribution < -0.4 is 4.81 Å². The van der Waals surface area contributed by atoms with Crippen molar-refractivity contribution in [3.05, 3.63) is 116 Å². The van der Waals surface area contributed by atoms with Crippen molar-refractivity contribution in [2.75, 3.05) is 4.81 Å². The van der Waals surface area contributed by atoms with Gasteiger partial charge in [-0.3, -0.25) is 0 Å². The highest BCUT2D eigenvalue weighted by molar-refractivity contribution is 6.68. The third kappa shape index (κ3) is 2.32. The van der Waals surface area contributed by atoms with Crippen LogP contribution in [-0.2, 0) is 0 Å². The average Bonchev–Trinajstić information content (AvgIpc) is 3.76. The molecular formula is C33H19BN4O. The van der Waals surface area contributed by atoms with E-state index in [-0.39, 0.29) is 7.12 Å². The summed E-state index contributed by atoms with van der Waals surface area (Å²) in [6, 6.07) is 36.8. The normalized spacial score (nSPS) is 13.5. The van der Waals surface area contributed by atoms with E-state index in [0.717, 1.165) is 44.5 Å². The summed E-state index contributed by atoms with van der Waals surface area (Å²) in [5.74, 6) is 0.998. The quantitative estimate of drug-likeness (QED) is 0.215. The summed E-state index contributed by atoms with van der Waals surface area (Å²) in [6.07, 6.45) is 4.01. The molecule has 0 amide bonds. The first-order valence-corrected chi connectivity index (χ1v) is 13.3. The Morgan fingerprint density at radius 2 is 1.46 bits per heavy atom. The van der Waals surface area contributed by atoms with Gasteiger partial charge in [0.25, 0.3) is 0 Å². The molecule has 0 saturated carbocycles. The summed E-state index contributed by atoms with van der Waals surface area (Å²) in [4.78, 5) is 7.25. The number of rotatable bonds is 1. The highest BCUT2D eigenvalue weighted by atomic mass is 16.3. The molecule has 3 aromatic heterocycles. The molecule has 5 aromatic carbocycles. The summed E-state index contributed by atoms with van der Waals surface area (Å²) in [7, 11) is -0.0629. The zero-order valence-electron chi connectivity index (χ0n) is 20.7. The van der Waals surface area contributed by atoms with Gasteiger partial charge in [-0.25, -0.2) is 4.98 Å². The van der Waals surface area contributed by atoms with Gasteiger partial charge in [0.05, 0.1) is 11.2 Å². The van der Waals surface area contributed by atoms with Crippen LogP contribution in [0.25, 0.3) is 66.3 Å². The third-order valence-corrected chi connectivity index (χ3v) is 8.54. The molecule has 6 heteroatoms. The van der Waals surface area contributed by atoms with Gasteiger partial charge >= 0.3 is 7.12 Å². The molecule has 0 saturated heterocycles. The minimum Gasteiger partial charge on any atom is -0.455 e. The van der Waals surface area contributed by atoms with Gasteiger partial charge in [0.2, 0.25) is 0 Å². The largest absolute Gasteiger partial charge is 0.519 e. The molecule has 0 fully saturated rings. The molecule has 0 spiro atoms. The highest BCUT2D eigenvalue weighted by Gasteiger charge is 2.46. The monoisotopic (exact) mass is 498 g/mol. The molecular weight excluding hydrogens is 479 g/mol. The van der Waals surface area contributed by atoms with Gasteiger partial charge in [-0.05, 0) is 42.0 Å². The molecule has 8 aromatic rings. The molecule has 0 unspecified atom stereocenters. The Kier molecular flexibility index (Phi) is 3.46. The van der Waals surface area contributed by atoms with Crippen molar-refractivity contribution in [3.8, 4) is 22.5 Å². The van der Waals surface area contributed by atoms with E-state index >= 15 is 0 Å². The fraction of sp³-hybridized carbons (Fsp3) is 0. The number of anilines is 2. The van der Waals surface area contributed by atoms with Crippen molar-refractivity contribution in [2.24, 2.45) is 0 Å². The summed E-state index contributed by atoms with van der Waals surface area (Å²) >= 11 is 0. The van der Waals surface area contributed by atoms with Crippen molar-refractivity contribution in [1.82, 2.24) is 13.9 Å². The molecule has 5 nitrogen and oxygen atoms in total. The van der Waals surface area contributed by atoms with Gasteiger partial charge in [-0.2, -0.15) is 0 Å². The Hall–Kier alpha value is -5.23. The van der Waals surface area contributed by atoms with E-state index in [1.54, 1.807) is 0 Å². The van der Waals surface area contributed by atoms with Gasteiger partial charge in [-0.15, -0.1) is 0 Å². The molecule has 0 bridgehead atoms. The summed E-state index contributed by atoms with van der Waals surface area (Å²) < 4.78 is 11.3. The number of hydrogen-bond acceptors (Lipinski definition) is 3. The number of nitrogens with zero attached hydrogens (tertiary/aromatic N) is 4. The lowest BCUT2D eigenvalue weighted by Gasteiger charge is -2.33. The summed E-state index contributed by atoms with van der Waals surface area (Å²) in [5, 5.41) is 4.80. The zero-order valence-corrected chi connectivity index (χ0v) is 20.7. The van der Waals surface area contributed by atoms with Crippen LogP contribution in [0.3, 0.4) is 0 Å². The lowest BCUT2D eigenvalue weighted by molar-refractivity contribution is 0.670. The third-order valence-electron chi connectivity index (χ3n) is 8.54. The van der Waals surface area contributed by atoms with Crippen molar-refractivity contribution < 1.29 is 4.42 Å². The second-order valence-corrected chi connectivity index (χ2v) is 10.5. The van der Waals surface area contributed by atoms with Crippen molar-refractivity contribution >= 4 is 62.2 Å². The number of benzene rings is 5. The number of fused-ring (bicyclic) bond motifs is 14. The predicted octanol–water partition coefficient (Wildman–Crippen LogP) is 8.07. The van der Waals surface area contributed by atoms with Crippen LogP contribution in [0.5, 0.6) is 0 Å². The van der Waals surface area contributed by atoms with Crippen LogP contribution in [0.4, 0.5) is 11.4 Å². The van der Waals surface area contributed by atoms with Crippen molar-refractivity contribution in [3.63, 3.8) is 0 Å². The number of aromatic nitrogens is 3. The number of para-hydroxylation sites is 4. The molecule has 0 N–H and O–H groups in total. The van der Waals surface area contributed by atoms with Gasteiger partial charge in [-0.1, -0.05) is 66.7 Å². The number of furan rings is 1. The van der Waals surface area contributed by atoms with E-state index in [2.05, 4.69) is 111 Å². The Morgan fingerprint density at radius 3 is 2.44 bits per heavy atom. The van der Waals surface area contributed by atoms with Crippen LogP contribution in [0, 0.1) is 0 Å².